The van der Waals surface area contributed by atoms with Crippen molar-refractivity contribution in [2.24, 2.45) is 4.99 Å². The van der Waals surface area contributed by atoms with Crippen molar-refractivity contribution in [3.63, 3.8) is 0 Å². The highest BCUT2D eigenvalue weighted by molar-refractivity contribution is 6.40. The molecule has 9 heteroatoms. The summed E-state index contributed by atoms with van der Waals surface area (Å²) in [5.41, 5.74) is 0.880. The molecule has 25 heavy (non-hydrogen) atoms. The Bertz CT molecular complexity index is 719. The number of nitrogens with zero attached hydrogens (tertiary/aromatic N) is 2. The number of hydrogen-bond acceptors (Lipinski definition) is 4. The van der Waals surface area contributed by atoms with Gasteiger partial charge in [-0.3, -0.25) is 4.99 Å². The average molecular weight is 406 g/mol. The molecule has 2 aromatic rings. The lowest BCUT2D eigenvalue weighted by atomic mass is 10.3. The molecule has 2 N–H and O–H groups in total. The lowest BCUT2D eigenvalue weighted by Crippen LogP contribution is -2.39. The molecule has 0 saturated heterocycles. The lowest BCUT2D eigenvalue weighted by molar-refractivity contribution is 0.322. The first-order valence-corrected chi connectivity index (χ1v) is 8.69. The second-order valence-electron chi connectivity index (χ2n) is 5.15. The lowest BCUT2D eigenvalue weighted by Gasteiger charge is -2.13. The van der Waals surface area contributed by atoms with Crippen LogP contribution in [0.2, 0.25) is 15.1 Å². The SMILES string of the molecule is CN=C(NCCOc1c(Cl)cc(Cl)cc1Cl)NCc1nc(C)c(C)o1. The quantitative estimate of drug-likeness (QED) is 0.432. The molecule has 0 bridgehead atoms. The Hall–Kier alpha value is -1.63. The number of guanidine groups is 1. The average Bonchev–Trinajstić information content (AvgIpc) is 2.86. The number of rotatable bonds is 6. The van der Waals surface area contributed by atoms with Crippen LogP contribution >= 0.6 is 34.8 Å². The number of benzene rings is 1. The van der Waals surface area contributed by atoms with Gasteiger partial charge in [0.05, 0.1) is 28.8 Å². The summed E-state index contributed by atoms with van der Waals surface area (Å²) in [5, 5.41) is 7.43. The number of nitrogens with one attached hydrogen (secondary N) is 2. The highest BCUT2D eigenvalue weighted by atomic mass is 35.5. The number of oxazole rings is 1. The van der Waals surface area contributed by atoms with Crippen molar-refractivity contribution in [1.29, 1.82) is 0 Å². The molecule has 136 valence electrons. The topological polar surface area (TPSA) is 71.7 Å². The second-order valence-corrected chi connectivity index (χ2v) is 6.40. The van der Waals surface area contributed by atoms with Gasteiger partial charge in [0.25, 0.3) is 0 Å². The van der Waals surface area contributed by atoms with E-state index in [9.17, 15) is 0 Å². The summed E-state index contributed by atoms with van der Waals surface area (Å²) in [4.78, 5) is 8.43. The molecule has 0 unspecified atom stereocenters. The van der Waals surface area contributed by atoms with E-state index < -0.39 is 0 Å². The predicted molar refractivity (Wildman–Crippen MR) is 101 cm³/mol. The van der Waals surface area contributed by atoms with E-state index in [2.05, 4.69) is 20.6 Å². The van der Waals surface area contributed by atoms with Crippen molar-refractivity contribution in [2.75, 3.05) is 20.2 Å². The van der Waals surface area contributed by atoms with Crippen LogP contribution in [0.15, 0.2) is 21.5 Å². The molecule has 1 aromatic carbocycles. The maximum absolute atomic E-state index is 6.07. The number of halogens is 3. The smallest absolute Gasteiger partial charge is 0.214 e. The summed E-state index contributed by atoms with van der Waals surface area (Å²) in [5.74, 6) is 2.42. The minimum Gasteiger partial charge on any atom is -0.489 e. The predicted octanol–water partition coefficient (Wildman–Crippen LogP) is 4.00. The fourth-order valence-corrected chi connectivity index (χ4v) is 2.91. The van der Waals surface area contributed by atoms with E-state index in [0.717, 1.165) is 11.5 Å². The zero-order valence-electron chi connectivity index (χ0n) is 14.1. The molecule has 0 aliphatic heterocycles. The Labute approximate surface area is 161 Å². The van der Waals surface area contributed by atoms with Crippen molar-refractivity contribution < 1.29 is 9.15 Å². The Morgan fingerprint density at radius 1 is 1.20 bits per heavy atom. The molecule has 0 aliphatic carbocycles. The van der Waals surface area contributed by atoms with Crippen molar-refractivity contribution in [3.8, 4) is 5.75 Å². The van der Waals surface area contributed by atoms with E-state index in [1.165, 1.54) is 0 Å². The molecule has 0 amide bonds. The minimum absolute atomic E-state index is 0.346. The van der Waals surface area contributed by atoms with Crippen LogP contribution in [0, 0.1) is 13.8 Å². The molecule has 0 aliphatic rings. The highest BCUT2D eigenvalue weighted by Gasteiger charge is 2.09. The van der Waals surface area contributed by atoms with Gasteiger partial charge in [-0.15, -0.1) is 0 Å². The largest absolute Gasteiger partial charge is 0.489 e. The van der Waals surface area contributed by atoms with Crippen molar-refractivity contribution in [2.45, 2.75) is 20.4 Å². The summed E-state index contributed by atoms with van der Waals surface area (Å²) in [7, 11) is 1.68. The van der Waals surface area contributed by atoms with Gasteiger partial charge in [-0.25, -0.2) is 4.98 Å². The van der Waals surface area contributed by atoms with Gasteiger partial charge >= 0.3 is 0 Å². The first kappa shape index (κ1) is 19.7. The normalized spacial score (nSPS) is 11.5. The van der Waals surface area contributed by atoms with Crippen LogP contribution < -0.4 is 15.4 Å². The summed E-state index contributed by atoms with van der Waals surface area (Å²) < 4.78 is 11.1. The number of ether oxygens (including phenoxy) is 1. The van der Waals surface area contributed by atoms with Crippen LogP contribution in [0.3, 0.4) is 0 Å². The number of aliphatic imine (C=N–C) groups is 1. The van der Waals surface area contributed by atoms with Crippen molar-refractivity contribution in [1.82, 2.24) is 15.6 Å². The maximum atomic E-state index is 6.07. The summed E-state index contributed by atoms with van der Waals surface area (Å²) in [6, 6.07) is 3.16. The van der Waals surface area contributed by atoms with Crippen LogP contribution in [-0.2, 0) is 6.54 Å². The van der Waals surface area contributed by atoms with Gasteiger partial charge in [-0.05, 0) is 26.0 Å². The molecular formula is C16H19Cl3N4O2. The Kier molecular flexibility index (Phi) is 7.23. The fourth-order valence-electron chi connectivity index (χ4n) is 1.98. The van der Waals surface area contributed by atoms with E-state index >= 15 is 0 Å². The van der Waals surface area contributed by atoms with E-state index in [-0.39, 0.29) is 0 Å². The van der Waals surface area contributed by atoms with Crippen LogP contribution in [0.1, 0.15) is 17.3 Å². The molecule has 2 rings (SSSR count). The molecular weight excluding hydrogens is 387 g/mol. The molecule has 1 heterocycles. The van der Waals surface area contributed by atoms with Gasteiger partial charge in [0.15, 0.2) is 11.7 Å². The van der Waals surface area contributed by atoms with Gasteiger partial charge in [-0.1, -0.05) is 34.8 Å². The van der Waals surface area contributed by atoms with Crippen molar-refractivity contribution in [3.05, 3.63) is 44.5 Å². The molecule has 0 saturated carbocycles. The number of aryl methyl sites for hydroxylation is 2. The first-order chi connectivity index (χ1) is 11.9. The second kappa shape index (κ2) is 9.17. The van der Waals surface area contributed by atoms with Crippen LogP contribution in [-0.4, -0.2) is 31.1 Å². The molecule has 1 aromatic heterocycles. The molecule has 6 nitrogen and oxygen atoms in total. The van der Waals surface area contributed by atoms with Crippen LogP contribution in [0.5, 0.6) is 5.75 Å². The van der Waals surface area contributed by atoms with Gasteiger partial charge < -0.3 is 19.8 Å². The van der Waals surface area contributed by atoms with E-state index in [4.69, 9.17) is 44.0 Å². The van der Waals surface area contributed by atoms with Crippen LogP contribution in [0.25, 0.3) is 0 Å². The van der Waals surface area contributed by atoms with Gasteiger partial charge in [0.1, 0.15) is 12.4 Å². The summed E-state index contributed by atoms with van der Waals surface area (Å²) in [6.45, 7) is 5.06. The first-order valence-electron chi connectivity index (χ1n) is 7.55. The number of aromatic nitrogens is 1. The highest BCUT2D eigenvalue weighted by Crippen LogP contribution is 2.35. The summed E-state index contributed by atoms with van der Waals surface area (Å²) in [6.07, 6.45) is 0. The zero-order valence-corrected chi connectivity index (χ0v) is 16.4. The summed E-state index contributed by atoms with van der Waals surface area (Å²) >= 11 is 18.0. The third-order valence-electron chi connectivity index (χ3n) is 3.31. The van der Waals surface area contributed by atoms with E-state index in [0.29, 0.717) is 52.4 Å². The third kappa shape index (κ3) is 5.70. The Morgan fingerprint density at radius 2 is 1.88 bits per heavy atom. The molecule has 0 radical (unpaired) electrons. The maximum Gasteiger partial charge on any atom is 0.214 e. The molecule has 0 fully saturated rings. The van der Waals surface area contributed by atoms with E-state index in [1.54, 1.807) is 19.2 Å². The van der Waals surface area contributed by atoms with Gasteiger partial charge in [0, 0.05) is 12.1 Å². The minimum atomic E-state index is 0.346. The van der Waals surface area contributed by atoms with Gasteiger partial charge in [-0.2, -0.15) is 0 Å². The number of hydrogen-bond donors (Lipinski definition) is 2. The van der Waals surface area contributed by atoms with Gasteiger partial charge in [0.2, 0.25) is 5.89 Å². The monoisotopic (exact) mass is 404 g/mol. The fraction of sp³-hybridized carbons (Fsp3) is 0.375. The Balaban J connectivity index is 1.78. The Morgan fingerprint density at radius 3 is 2.44 bits per heavy atom. The third-order valence-corrected chi connectivity index (χ3v) is 4.09. The van der Waals surface area contributed by atoms with Crippen LogP contribution in [0.4, 0.5) is 0 Å². The standard InChI is InChI=1S/C16H19Cl3N4O2/c1-9-10(2)25-14(23-9)8-22-16(20-3)21-4-5-24-15-12(18)6-11(17)7-13(15)19/h6-7H,4-5,8H2,1-3H3,(H2,20,21,22). The van der Waals surface area contributed by atoms with Crippen molar-refractivity contribution >= 4 is 40.8 Å². The molecule has 0 atom stereocenters. The molecule has 0 spiro atoms. The van der Waals surface area contributed by atoms with E-state index in [1.807, 2.05) is 13.8 Å². The zero-order chi connectivity index (χ0) is 18.4.